The summed E-state index contributed by atoms with van der Waals surface area (Å²) < 4.78 is 0. The van der Waals surface area contributed by atoms with Gasteiger partial charge in [0.15, 0.2) is 0 Å². The number of carbonyl (C=O) groups is 1. The molecule has 100 valence electrons. The predicted molar refractivity (Wildman–Crippen MR) is 76.7 cm³/mol. The average molecular weight is 248 g/mol. The minimum absolute atomic E-state index is 0.165. The zero-order chi connectivity index (χ0) is 13.5. The normalized spacial score (nSPS) is 12.2. The van der Waals surface area contributed by atoms with Gasteiger partial charge in [-0.15, -0.1) is 0 Å². The van der Waals surface area contributed by atoms with E-state index in [9.17, 15) is 4.79 Å². The minimum atomic E-state index is 0.165. The van der Waals surface area contributed by atoms with Crippen LogP contribution in [0.2, 0.25) is 0 Å². The monoisotopic (exact) mass is 248 g/mol. The number of benzene rings is 1. The van der Waals surface area contributed by atoms with Crippen LogP contribution >= 0.6 is 0 Å². The van der Waals surface area contributed by atoms with Crippen LogP contribution in [-0.4, -0.2) is 19.0 Å². The van der Waals surface area contributed by atoms with Crippen LogP contribution in [0.15, 0.2) is 24.3 Å². The third kappa shape index (κ3) is 3.84. The number of hydrogen-bond donors (Lipinski definition) is 1. The molecule has 0 heterocycles. The molecule has 0 aromatic heterocycles. The van der Waals surface area contributed by atoms with Gasteiger partial charge in [0.1, 0.15) is 0 Å². The van der Waals surface area contributed by atoms with Gasteiger partial charge in [0.2, 0.25) is 5.91 Å². The molecule has 1 unspecified atom stereocenters. The number of hydrogen-bond acceptors (Lipinski definition) is 2. The van der Waals surface area contributed by atoms with E-state index in [-0.39, 0.29) is 11.8 Å². The molecule has 1 atom stereocenters. The van der Waals surface area contributed by atoms with E-state index in [4.69, 9.17) is 5.73 Å². The summed E-state index contributed by atoms with van der Waals surface area (Å²) in [6, 6.07) is 8.07. The summed E-state index contributed by atoms with van der Waals surface area (Å²) in [6.07, 6.45) is 1.49. The third-order valence-corrected chi connectivity index (χ3v) is 3.34. The van der Waals surface area contributed by atoms with Gasteiger partial charge in [-0.1, -0.05) is 31.0 Å². The Morgan fingerprint density at radius 3 is 2.33 bits per heavy atom. The maximum absolute atomic E-state index is 12.3. The Bertz CT molecular complexity index is 369. The van der Waals surface area contributed by atoms with Gasteiger partial charge in [-0.2, -0.15) is 0 Å². The summed E-state index contributed by atoms with van der Waals surface area (Å²) in [7, 11) is 0. The Labute approximate surface area is 110 Å². The lowest BCUT2D eigenvalue weighted by molar-refractivity contribution is -0.119. The lowest BCUT2D eigenvalue weighted by Crippen LogP contribution is -2.33. The number of aryl methyl sites for hydroxylation is 1. The maximum Gasteiger partial charge on any atom is 0.227 e. The van der Waals surface area contributed by atoms with Crippen molar-refractivity contribution in [1.82, 2.24) is 0 Å². The zero-order valence-electron chi connectivity index (χ0n) is 11.6. The first kappa shape index (κ1) is 14.7. The summed E-state index contributed by atoms with van der Waals surface area (Å²) in [6.45, 7) is 7.40. The molecule has 0 spiro atoms. The van der Waals surface area contributed by atoms with Crippen molar-refractivity contribution in [2.75, 3.05) is 18.0 Å². The molecule has 1 aromatic rings. The highest BCUT2D eigenvalue weighted by atomic mass is 16.2. The fourth-order valence-corrected chi connectivity index (χ4v) is 1.98. The van der Waals surface area contributed by atoms with Crippen molar-refractivity contribution < 1.29 is 4.79 Å². The van der Waals surface area contributed by atoms with Gasteiger partial charge in [0, 0.05) is 18.7 Å². The van der Waals surface area contributed by atoms with Crippen LogP contribution in [0.3, 0.4) is 0 Å². The van der Waals surface area contributed by atoms with Crippen LogP contribution in [-0.2, 0) is 4.79 Å². The highest BCUT2D eigenvalue weighted by Crippen LogP contribution is 2.18. The Morgan fingerprint density at radius 2 is 1.89 bits per heavy atom. The smallest absolute Gasteiger partial charge is 0.227 e. The zero-order valence-corrected chi connectivity index (χ0v) is 11.6. The molecular weight excluding hydrogens is 224 g/mol. The van der Waals surface area contributed by atoms with E-state index in [1.165, 1.54) is 5.56 Å². The molecular formula is C15H24N2O. The molecule has 0 aliphatic rings. The lowest BCUT2D eigenvalue weighted by atomic mass is 10.0. The fourth-order valence-electron chi connectivity index (χ4n) is 1.98. The van der Waals surface area contributed by atoms with E-state index in [2.05, 4.69) is 6.92 Å². The van der Waals surface area contributed by atoms with Crippen molar-refractivity contribution in [3.63, 3.8) is 0 Å². The maximum atomic E-state index is 12.3. The third-order valence-electron chi connectivity index (χ3n) is 3.34. The second-order valence-electron chi connectivity index (χ2n) is 4.69. The number of nitrogens with two attached hydrogens (primary N) is 1. The first-order chi connectivity index (χ1) is 8.62. The number of amides is 1. The van der Waals surface area contributed by atoms with Crippen LogP contribution in [0.4, 0.5) is 5.69 Å². The largest absolute Gasteiger partial charge is 0.330 e. The molecule has 1 aromatic carbocycles. The summed E-state index contributed by atoms with van der Waals surface area (Å²) in [5.41, 5.74) is 7.84. The van der Waals surface area contributed by atoms with E-state index < -0.39 is 0 Å². The topological polar surface area (TPSA) is 46.3 Å². The summed E-state index contributed by atoms with van der Waals surface area (Å²) >= 11 is 0. The molecule has 3 heteroatoms. The summed E-state index contributed by atoms with van der Waals surface area (Å²) in [5, 5.41) is 0. The van der Waals surface area contributed by atoms with Gasteiger partial charge in [-0.05, 0) is 38.4 Å². The standard InChI is InChI=1S/C15H24N2O/c1-4-13(11-16)10-15(18)17(5-2)14-8-6-12(3)7-9-14/h6-9,13H,4-5,10-11,16H2,1-3H3. The van der Waals surface area contributed by atoms with E-state index in [0.717, 1.165) is 12.1 Å². The minimum Gasteiger partial charge on any atom is -0.330 e. The van der Waals surface area contributed by atoms with Crippen LogP contribution in [0.1, 0.15) is 32.3 Å². The van der Waals surface area contributed by atoms with Crippen LogP contribution in [0, 0.1) is 12.8 Å². The average Bonchev–Trinajstić information content (AvgIpc) is 2.39. The second-order valence-corrected chi connectivity index (χ2v) is 4.69. The van der Waals surface area contributed by atoms with Gasteiger partial charge in [0.05, 0.1) is 0 Å². The van der Waals surface area contributed by atoms with Crippen molar-refractivity contribution in [3.05, 3.63) is 29.8 Å². The van der Waals surface area contributed by atoms with Crippen molar-refractivity contribution in [3.8, 4) is 0 Å². The molecule has 0 aliphatic carbocycles. The Balaban J connectivity index is 2.76. The van der Waals surface area contributed by atoms with E-state index >= 15 is 0 Å². The highest BCUT2D eigenvalue weighted by molar-refractivity contribution is 5.93. The number of nitrogens with zero attached hydrogens (tertiary/aromatic N) is 1. The van der Waals surface area contributed by atoms with Gasteiger partial charge >= 0.3 is 0 Å². The molecule has 0 saturated carbocycles. The SMILES string of the molecule is CCC(CN)CC(=O)N(CC)c1ccc(C)cc1. The van der Waals surface area contributed by atoms with Crippen LogP contribution in [0.25, 0.3) is 0 Å². The van der Waals surface area contributed by atoms with E-state index in [1.54, 1.807) is 0 Å². The fraction of sp³-hybridized carbons (Fsp3) is 0.533. The molecule has 1 rings (SSSR count). The number of carbonyl (C=O) groups excluding carboxylic acids is 1. The highest BCUT2D eigenvalue weighted by Gasteiger charge is 2.17. The quantitative estimate of drug-likeness (QED) is 0.841. The number of anilines is 1. The second kappa shape index (κ2) is 7.17. The van der Waals surface area contributed by atoms with E-state index in [1.807, 2.05) is 43.0 Å². The summed E-state index contributed by atoms with van der Waals surface area (Å²) in [4.78, 5) is 14.1. The van der Waals surface area contributed by atoms with Gasteiger partial charge in [-0.3, -0.25) is 4.79 Å². The Hall–Kier alpha value is -1.35. The molecule has 0 saturated heterocycles. The Morgan fingerprint density at radius 1 is 1.28 bits per heavy atom. The molecule has 0 aliphatic heterocycles. The lowest BCUT2D eigenvalue weighted by Gasteiger charge is -2.23. The molecule has 0 bridgehead atoms. The number of rotatable bonds is 6. The van der Waals surface area contributed by atoms with Crippen LogP contribution in [0.5, 0.6) is 0 Å². The molecule has 18 heavy (non-hydrogen) atoms. The molecule has 2 N–H and O–H groups in total. The molecule has 0 fully saturated rings. The van der Waals surface area contributed by atoms with Gasteiger partial charge in [0.25, 0.3) is 0 Å². The van der Waals surface area contributed by atoms with Gasteiger partial charge in [-0.25, -0.2) is 0 Å². The summed E-state index contributed by atoms with van der Waals surface area (Å²) in [5.74, 6) is 0.454. The molecule has 3 nitrogen and oxygen atoms in total. The van der Waals surface area contributed by atoms with Crippen LogP contribution < -0.4 is 10.6 Å². The van der Waals surface area contributed by atoms with Crippen molar-refractivity contribution in [1.29, 1.82) is 0 Å². The van der Waals surface area contributed by atoms with E-state index in [0.29, 0.717) is 19.5 Å². The van der Waals surface area contributed by atoms with Crippen molar-refractivity contribution >= 4 is 11.6 Å². The predicted octanol–water partition coefficient (Wildman–Crippen LogP) is 2.72. The van der Waals surface area contributed by atoms with Gasteiger partial charge < -0.3 is 10.6 Å². The molecule has 0 radical (unpaired) electrons. The van der Waals surface area contributed by atoms with Crippen molar-refractivity contribution in [2.24, 2.45) is 11.7 Å². The first-order valence-electron chi connectivity index (χ1n) is 6.69. The van der Waals surface area contributed by atoms with Crippen molar-refractivity contribution in [2.45, 2.75) is 33.6 Å². The first-order valence-corrected chi connectivity index (χ1v) is 6.69. The Kier molecular flexibility index (Phi) is 5.86. The molecule has 1 amide bonds.